The maximum atomic E-state index is 12.8. The Labute approximate surface area is 194 Å². The zero-order chi connectivity index (χ0) is 23.4. The molecule has 1 fully saturated rings. The number of ether oxygens (including phenoxy) is 1. The van der Waals surface area contributed by atoms with Crippen molar-refractivity contribution in [3.63, 3.8) is 0 Å². The molecule has 0 unspecified atom stereocenters. The molecule has 2 heterocycles. The number of fused-ring (bicyclic) bond motifs is 1. The molecule has 2 aromatic rings. The third-order valence-corrected chi connectivity index (χ3v) is 7.57. The highest BCUT2D eigenvalue weighted by atomic mass is 32.2. The van der Waals surface area contributed by atoms with Crippen LogP contribution in [0.1, 0.15) is 36.8 Å². The van der Waals surface area contributed by atoms with Crippen molar-refractivity contribution in [2.24, 2.45) is 0 Å². The van der Waals surface area contributed by atoms with Crippen LogP contribution < -0.4 is 14.4 Å². The van der Waals surface area contributed by atoms with E-state index in [2.05, 4.69) is 4.72 Å². The number of carbonyl (C=O) groups excluding carboxylic acids is 2. The summed E-state index contributed by atoms with van der Waals surface area (Å²) in [4.78, 5) is 28.6. The first kappa shape index (κ1) is 23.3. The van der Waals surface area contributed by atoms with Crippen molar-refractivity contribution in [2.45, 2.75) is 43.5 Å². The normalized spacial score (nSPS) is 15.5. The first-order chi connectivity index (χ1) is 15.9. The zero-order valence-electron chi connectivity index (χ0n) is 18.7. The van der Waals surface area contributed by atoms with Crippen LogP contribution >= 0.6 is 0 Å². The first-order valence-electron chi connectivity index (χ1n) is 11.2. The lowest BCUT2D eigenvalue weighted by molar-refractivity contribution is -0.132. The molecule has 2 aliphatic heterocycles. The predicted octanol–water partition coefficient (Wildman–Crippen LogP) is 2.47. The minimum Gasteiger partial charge on any atom is -0.497 e. The Hall–Kier alpha value is -2.91. The first-order valence-corrected chi connectivity index (χ1v) is 12.7. The Morgan fingerprint density at radius 1 is 1.00 bits per heavy atom. The molecule has 0 saturated carbocycles. The molecule has 0 radical (unpaired) electrons. The molecule has 0 aliphatic carbocycles. The zero-order valence-corrected chi connectivity index (χ0v) is 19.6. The largest absolute Gasteiger partial charge is 0.497 e. The Morgan fingerprint density at radius 3 is 2.52 bits per heavy atom. The molecule has 1 saturated heterocycles. The van der Waals surface area contributed by atoms with E-state index in [-0.39, 0.29) is 36.1 Å². The van der Waals surface area contributed by atoms with Gasteiger partial charge in [-0.15, -0.1) is 0 Å². The fourth-order valence-corrected chi connectivity index (χ4v) is 5.39. The quantitative estimate of drug-likeness (QED) is 0.638. The van der Waals surface area contributed by atoms with Crippen molar-refractivity contribution >= 4 is 27.5 Å². The van der Waals surface area contributed by atoms with E-state index < -0.39 is 10.0 Å². The van der Waals surface area contributed by atoms with Gasteiger partial charge < -0.3 is 14.5 Å². The van der Waals surface area contributed by atoms with Crippen molar-refractivity contribution in [3.8, 4) is 5.75 Å². The number of rotatable bonds is 8. The predicted molar refractivity (Wildman–Crippen MR) is 125 cm³/mol. The van der Waals surface area contributed by atoms with E-state index in [0.717, 1.165) is 42.7 Å². The molecular formula is C24H29N3O5S. The maximum Gasteiger partial charge on any atom is 0.240 e. The van der Waals surface area contributed by atoms with Gasteiger partial charge in [0, 0.05) is 44.7 Å². The molecule has 0 atom stereocenters. The summed E-state index contributed by atoms with van der Waals surface area (Å²) in [5.41, 5.74) is 2.33. The van der Waals surface area contributed by atoms with E-state index in [1.807, 2.05) is 17.0 Å². The van der Waals surface area contributed by atoms with Crippen molar-refractivity contribution in [2.75, 3.05) is 31.6 Å². The summed E-state index contributed by atoms with van der Waals surface area (Å²) in [5.74, 6) is 0.591. The van der Waals surface area contributed by atoms with Gasteiger partial charge in [0.15, 0.2) is 0 Å². The molecule has 1 N–H and O–H groups in total. The minimum atomic E-state index is -3.71. The number of nitrogens with one attached hydrogen (secondary N) is 1. The number of sulfonamides is 1. The second-order valence-electron chi connectivity index (χ2n) is 8.35. The van der Waals surface area contributed by atoms with Gasteiger partial charge in [-0.3, -0.25) is 9.59 Å². The smallest absolute Gasteiger partial charge is 0.240 e. The van der Waals surface area contributed by atoms with Gasteiger partial charge in [0.1, 0.15) is 5.75 Å². The Kier molecular flexibility index (Phi) is 6.99. The molecule has 0 aromatic heterocycles. The fourth-order valence-electron chi connectivity index (χ4n) is 4.32. The van der Waals surface area contributed by atoms with Crippen molar-refractivity contribution in [1.29, 1.82) is 0 Å². The molecule has 9 heteroatoms. The van der Waals surface area contributed by atoms with Gasteiger partial charge in [0.25, 0.3) is 0 Å². The van der Waals surface area contributed by atoms with Crippen LogP contribution in [0, 0.1) is 0 Å². The van der Waals surface area contributed by atoms with Crippen LogP contribution in [0.15, 0.2) is 47.4 Å². The van der Waals surface area contributed by atoms with Crippen LogP contribution in [0.25, 0.3) is 0 Å². The number of hydrogen-bond acceptors (Lipinski definition) is 5. The topological polar surface area (TPSA) is 96.0 Å². The summed E-state index contributed by atoms with van der Waals surface area (Å²) in [6, 6.07) is 12.0. The van der Waals surface area contributed by atoms with Crippen LogP contribution in [-0.2, 0) is 32.6 Å². The van der Waals surface area contributed by atoms with Crippen LogP contribution in [0.5, 0.6) is 5.75 Å². The molecule has 2 amide bonds. The maximum absolute atomic E-state index is 12.8. The average Bonchev–Trinajstić information content (AvgIpc) is 3.51. The number of methoxy groups -OCH3 is 1. The summed E-state index contributed by atoms with van der Waals surface area (Å²) in [6.45, 7) is 2.20. The molecule has 8 nitrogen and oxygen atoms in total. The molecule has 2 aromatic carbocycles. The number of carbonyl (C=O) groups is 2. The molecule has 176 valence electrons. The van der Waals surface area contributed by atoms with E-state index in [1.54, 1.807) is 36.3 Å². The third kappa shape index (κ3) is 5.36. The number of likely N-dealkylation sites (tertiary alicyclic amines) is 1. The van der Waals surface area contributed by atoms with Gasteiger partial charge in [0.05, 0.1) is 12.0 Å². The van der Waals surface area contributed by atoms with E-state index in [1.165, 1.54) is 6.07 Å². The van der Waals surface area contributed by atoms with Crippen LogP contribution in [0.4, 0.5) is 5.69 Å². The average molecular weight is 472 g/mol. The minimum absolute atomic E-state index is 0.0313. The van der Waals surface area contributed by atoms with Crippen molar-refractivity contribution < 1.29 is 22.7 Å². The number of hydrogen-bond donors (Lipinski definition) is 1. The second kappa shape index (κ2) is 9.93. The number of anilines is 1. The molecule has 4 rings (SSSR count). The van der Waals surface area contributed by atoms with E-state index in [0.29, 0.717) is 18.7 Å². The Bertz CT molecular complexity index is 1140. The lowest BCUT2D eigenvalue weighted by Gasteiger charge is -2.19. The third-order valence-electron chi connectivity index (χ3n) is 6.17. The Morgan fingerprint density at radius 2 is 1.76 bits per heavy atom. The summed E-state index contributed by atoms with van der Waals surface area (Å²) in [6.07, 6.45) is 3.01. The van der Waals surface area contributed by atoms with Gasteiger partial charge in [-0.25, -0.2) is 13.1 Å². The summed E-state index contributed by atoms with van der Waals surface area (Å²) in [7, 11) is -2.15. The van der Waals surface area contributed by atoms with Crippen LogP contribution in [0.2, 0.25) is 0 Å². The fraction of sp³-hybridized carbons (Fsp3) is 0.417. The van der Waals surface area contributed by atoms with Gasteiger partial charge in [-0.05, 0) is 60.7 Å². The summed E-state index contributed by atoms with van der Waals surface area (Å²) < 4.78 is 33.4. The molecule has 2 aliphatic rings. The molecule has 0 spiro atoms. The van der Waals surface area contributed by atoms with E-state index in [9.17, 15) is 18.0 Å². The Balaban J connectivity index is 1.38. The molecule has 0 bridgehead atoms. The van der Waals surface area contributed by atoms with Crippen LogP contribution in [0.3, 0.4) is 0 Å². The second-order valence-corrected chi connectivity index (χ2v) is 10.1. The lowest BCUT2D eigenvalue weighted by atomic mass is 10.2. The summed E-state index contributed by atoms with van der Waals surface area (Å²) >= 11 is 0. The summed E-state index contributed by atoms with van der Waals surface area (Å²) in [5, 5.41) is 0. The lowest BCUT2D eigenvalue weighted by Crippen LogP contribution is -2.32. The number of amides is 2. The molecule has 33 heavy (non-hydrogen) atoms. The van der Waals surface area contributed by atoms with Crippen molar-refractivity contribution in [1.82, 2.24) is 9.62 Å². The standard InChI is InChI=1S/C24H29N3O5S/c1-32-20-6-4-5-18(15-20)17-25-33(30,31)21-7-8-22-19(16-21)11-14-27(22)24(29)10-9-23(28)26-12-2-3-13-26/h4-8,15-16,25H,2-3,9-14,17H2,1H3. The van der Waals surface area contributed by atoms with Crippen LogP contribution in [-0.4, -0.2) is 51.9 Å². The highest BCUT2D eigenvalue weighted by Gasteiger charge is 2.27. The number of benzene rings is 2. The van der Waals surface area contributed by atoms with Gasteiger partial charge in [-0.1, -0.05) is 12.1 Å². The van der Waals surface area contributed by atoms with Gasteiger partial charge in [0.2, 0.25) is 21.8 Å². The highest BCUT2D eigenvalue weighted by Crippen LogP contribution is 2.31. The van der Waals surface area contributed by atoms with Gasteiger partial charge in [-0.2, -0.15) is 0 Å². The SMILES string of the molecule is COc1cccc(CNS(=O)(=O)c2ccc3c(c2)CCN3C(=O)CCC(=O)N2CCCC2)c1. The van der Waals surface area contributed by atoms with E-state index in [4.69, 9.17) is 4.74 Å². The van der Waals surface area contributed by atoms with E-state index >= 15 is 0 Å². The molecular weight excluding hydrogens is 442 g/mol. The monoisotopic (exact) mass is 471 g/mol. The van der Waals surface area contributed by atoms with Crippen molar-refractivity contribution in [3.05, 3.63) is 53.6 Å². The number of nitrogens with zero attached hydrogens (tertiary/aromatic N) is 2. The van der Waals surface area contributed by atoms with Gasteiger partial charge >= 0.3 is 0 Å². The highest BCUT2D eigenvalue weighted by molar-refractivity contribution is 7.89.